The molecule has 0 saturated heterocycles. The second-order valence-electron chi connectivity index (χ2n) is 8.97. The minimum absolute atomic E-state index is 0.358. The fourth-order valence-corrected chi connectivity index (χ4v) is 4.61. The SMILES string of the molecule is CCCCCCCC1CCC(c2ccc(COc3ccc(C(F)(F)F)cc3)cc2)CC1. The Morgan fingerprint density at radius 2 is 1.45 bits per heavy atom. The molecule has 0 N–H and O–H groups in total. The first kappa shape index (κ1) is 23.7. The summed E-state index contributed by atoms with van der Waals surface area (Å²) in [6.07, 6.45) is 9.19. The van der Waals surface area contributed by atoms with Crippen LogP contribution in [-0.4, -0.2) is 0 Å². The number of halogens is 3. The van der Waals surface area contributed by atoms with Crippen molar-refractivity contribution in [2.45, 2.75) is 89.8 Å². The standard InChI is InChI=1S/C27H35F3O/c1-2-3-4-5-6-7-21-8-12-23(13-9-21)24-14-10-22(11-15-24)20-31-26-18-16-25(17-19-26)27(28,29)30/h10-11,14-19,21,23H,2-9,12-13,20H2,1H3. The van der Waals surface area contributed by atoms with Crippen molar-refractivity contribution in [3.05, 3.63) is 65.2 Å². The molecule has 3 rings (SSSR count). The number of rotatable bonds is 10. The van der Waals surface area contributed by atoms with Gasteiger partial charge in [0.05, 0.1) is 5.56 Å². The normalized spacial score (nSPS) is 19.4. The summed E-state index contributed by atoms with van der Waals surface area (Å²) in [5, 5.41) is 0. The molecule has 0 radical (unpaired) electrons. The summed E-state index contributed by atoms with van der Waals surface area (Å²) in [7, 11) is 0. The third kappa shape index (κ3) is 7.59. The van der Waals surface area contributed by atoms with E-state index in [0.717, 1.165) is 23.6 Å². The molecule has 1 nitrogen and oxygen atoms in total. The fourth-order valence-electron chi connectivity index (χ4n) is 4.61. The smallest absolute Gasteiger partial charge is 0.416 e. The van der Waals surface area contributed by atoms with Crippen molar-refractivity contribution < 1.29 is 17.9 Å². The monoisotopic (exact) mass is 432 g/mol. The van der Waals surface area contributed by atoms with Crippen molar-refractivity contribution in [2.75, 3.05) is 0 Å². The summed E-state index contributed by atoms with van der Waals surface area (Å²) in [5.41, 5.74) is 1.78. The van der Waals surface area contributed by atoms with Gasteiger partial charge in [-0.3, -0.25) is 0 Å². The maximum Gasteiger partial charge on any atom is 0.416 e. The van der Waals surface area contributed by atoms with Gasteiger partial charge in [0.25, 0.3) is 0 Å². The van der Waals surface area contributed by atoms with E-state index in [4.69, 9.17) is 4.74 Å². The van der Waals surface area contributed by atoms with Gasteiger partial charge in [-0.1, -0.05) is 69.7 Å². The summed E-state index contributed by atoms with van der Waals surface area (Å²) < 4.78 is 43.6. The summed E-state index contributed by atoms with van der Waals surface area (Å²) in [6.45, 7) is 2.62. The van der Waals surface area contributed by atoms with E-state index in [1.54, 1.807) is 0 Å². The maximum atomic E-state index is 12.6. The number of ether oxygens (including phenoxy) is 1. The zero-order chi connectivity index (χ0) is 22.1. The van der Waals surface area contributed by atoms with Crippen LogP contribution in [-0.2, 0) is 12.8 Å². The molecule has 1 aliphatic carbocycles. The number of unbranched alkanes of at least 4 members (excludes halogenated alkanes) is 4. The minimum Gasteiger partial charge on any atom is -0.489 e. The number of alkyl halides is 3. The van der Waals surface area contributed by atoms with Gasteiger partial charge in [0, 0.05) is 0 Å². The Balaban J connectivity index is 1.40. The van der Waals surface area contributed by atoms with Crippen molar-refractivity contribution in [3.63, 3.8) is 0 Å². The van der Waals surface area contributed by atoms with Gasteiger partial charge < -0.3 is 4.74 Å². The van der Waals surface area contributed by atoms with Crippen LogP contribution in [0, 0.1) is 5.92 Å². The van der Waals surface area contributed by atoms with Gasteiger partial charge in [0.1, 0.15) is 12.4 Å². The highest BCUT2D eigenvalue weighted by Gasteiger charge is 2.30. The predicted molar refractivity (Wildman–Crippen MR) is 120 cm³/mol. The Kier molecular flexibility index (Phi) is 8.86. The van der Waals surface area contributed by atoms with E-state index in [1.165, 1.54) is 81.9 Å². The van der Waals surface area contributed by atoms with E-state index >= 15 is 0 Å². The van der Waals surface area contributed by atoms with Gasteiger partial charge in [-0.2, -0.15) is 13.2 Å². The second kappa shape index (κ2) is 11.6. The van der Waals surface area contributed by atoms with Crippen molar-refractivity contribution >= 4 is 0 Å². The van der Waals surface area contributed by atoms with Crippen LogP contribution in [0.15, 0.2) is 48.5 Å². The van der Waals surface area contributed by atoms with Crippen LogP contribution in [0.1, 0.15) is 93.7 Å². The molecule has 0 aromatic heterocycles. The molecule has 2 aromatic rings. The first-order chi connectivity index (χ1) is 15.0. The molecule has 0 atom stereocenters. The van der Waals surface area contributed by atoms with Gasteiger partial charge in [-0.05, 0) is 72.9 Å². The number of benzene rings is 2. The minimum atomic E-state index is -4.32. The molecule has 0 aliphatic heterocycles. The van der Waals surface area contributed by atoms with E-state index in [1.807, 2.05) is 0 Å². The van der Waals surface area contributed by atoms with Crippen LogP contribution in [0.5, 0.6) is 5.75 Å². The van der Waals surface area contributed by atoms with E-state index in [-0.39, 0.29) is 0 Å². The van der Waals surface area contributed by atoms with E-state index in [2.05, 4.69) is 31.2 Å². The molecule has 1 aliphatic rings. The van der Waals surface area contributed by atoms with Crippen molar-refractivity contribution in [1.29, 1.82) is 0 Å². The quantitative estimate of drug-likeness (QED) is 0.341. The van der Waals surface area contributed by atoms with Gasteiger partial charge in [-0.15, -0.1) is 0 Å². The van der Waals surface area contributed by atoms with Crippen molar-refractivity contribution in [2.24, 2.45) is 5.92 Å². The maximum absolute atomic E-state index is 12.6. The molecule has 0 amide bonds. The molecule has 31 heavy (non-hydrogen) atoms. The van der Waals surface area contributed by atoms with Crippen LogP contribution in [0.3, 0.4) is 0 Å². The number of hydrogen-bond donors (Lipinski definition) is 0. The Hall–Kier alpha value is -1.97. The van der Waals surface area contributed by atoms with Gasteiger partial charge in [0.2, 0.25) is 0 Å². The summed E-state index contributed by atoms with van der Waals surface area (Å²) >= 11 is 0. The Morgan fingerprint density at radius 1 is 0.806 bits per heavy atom. The highest BCUT2D eigenvalue weighted by Crippen LogP contribution is 2.38. The van der Waals surface area contributed by atoms with Gasteiger partial charge >= 0.3 is 6.18 Å². The Bertz CT molecular complexity index is 757. The van der Waals surface area contributed by atoms with Crippen LogP contribution >= 0.6 is 0 Å². The lowest BCUT2D eigenvalue weighted by atomic mass is 9.77. The van der Waals surface area contributed by atoms with Crippen LogP contribution in [0.4, 0.5) is 13.2 Å². The van der Waals surface area contributed by atoms with Crippen molar-refractivity contribution in [3.8, 4) is 5.75 Å². The molecule has 0 spiro atoms. The van der Waals surface area contributed by atoms with Crippen LogP contribution < -0.4 is 4.74 Å². The van der Waals surface area contributed by atoms with Crippen LogP contribution in [0.2, 0.25) is 0 Å². The molecule has 2 aromatic carbocycles. The first-order valence-corrected chi connectivity index (χ1v) is 11.8. The van der Waals surface area contributed by atoms with E-state index in [0.29, 0.717) is 18.3 Å². The third-order valence-electron chi connectivity index (χ3n) is 6.60. The molecule has 1 saturated carbocycles. The molecule has 0 bridgehead atoms. The van der Waals surface area contributed by atoms with Crippen LogP contribution in [0.25, 0.3) is 0 Å². The molecule has 1 fully saturated rings. The van der Waals surface area contributed by atoms with E-state index in [9.17, 15) is 13.2 Å². The molecule has 0 heterocycles. The average molecular weight is 433 g/mol. The lowest BCUT2D eigenvalue weighted by molar-refractivity contribution is -0.137. The largest absolute Gasteiger partial charge is 0.489 e. The zero-order valence-electron chi connectivity index (χ0n) is 18.6. The summed E-state index contributed by atoms with van der Waals surface area (Å²) in [4.78, 5) is 0. The summed E-state index contributed by atoms with van der Waals surface area (Å²) in [5.74, 6) is 2.01. The summed E-state index contributed by atoms with van der Waals surface area (Å²) in [6, 6.07) is 13.4. The number of hydrogen-bond acceptors (Lipinski definition) is 1. The molecular weight excluding hydrogens is 397 g/mol. The fraction of sp³-hybridized carbons (Fsp3) is 0.556. The molecular formula is C27H35F3O. The molecule has 170 valence electrons. The highest BCUT2D eigenvalue weighted by molar-refractivity contribution is 5.30. The lowest BCUT2D eigenvalue weighted by Gasteiger charge is -2.29. The Labute approximate surface area is 185 Å². The topological polar surface area (TPSA) is 9.23 Å². The zero-order valence-corrected chi connectivity index (χ0v) is 18.6. The first-order valence-electron chi connectivity index (χ1n) is 11.8. The third-order valence-corrected chi connectivity index (χ3v) is 6.60. The van der Waals surface area contributed by atoms with Gasteiger partial charge in [-0.25, -0.2) is 0 Å². The molecule has 0 unspecified atom stereocenters. The Morgan fingerprint density at radius 3 is 2.06 bits per heavy atom. The van der Waals surface area contributed by atoms with Crippen molar-refractivity contribution in [1.82, 2.24) is 0 Å². The van der Waals surface area contributed by atoms with Gasteiger partial charge in [0.15, 0.2) is 0 Å². The highest BCUT2D eigenvalue weighted by atomic mass is 19.4. The lowest BCUT2D eigenvalue weighted by Crippen LogP contribution is -2.13. The molecule has 4 heteroatoms. The van der Waals surface area contributed by atoms with E-state index < -0.39 is 11.7 Å². The predicted octanol–water partition coefficient (Wildman–Crippen LogP) is 8.92. The second-order valence-corrected chi connectivity index (χ2v) is 8.97. The average Bonchev–Trinajstić information content (AvgIpc) is 2.78.